The van der Waals surface area contributed by atoms with Crippen LogP contribution in [-0.4, -0.2) is 19.0 Å². The lowest BCUT2D eigenvalue weighted by Crippen LogP contribution is -3.14. The predicted octanol–water partition coefficient (Wildman–Crippen LogP) is 3.40. The third-order valence-electron chi connectivity index (χ3n) is 5.97. The molecule has 2 aliphatic rings. The van der Waals surface area contributed by atoms with Gasteiger partial charge in [0.25, 0.3) is 5.91 Å². The summed E-state index contributed by atoms with van der Waals surface area (Å²) in [7, 11) is 0. The summed E-state index contributed by atoms with van der Waals surface area (Å²) in [6, 6.07) is 9.20. The molecule has 26 heavy (non-hydrogen) atoms. The van der Waals surface area contributed by atoms with Gasteiger partial charge >= 0.3 is 0 Å². The van der Waals surface area contributed by atoms with Gasteiger partial charge in [-0.3, -0.25) is 4.79 Å². The minimum Gasteiger partial charge on any atom is -0.321 e. The molecule has 1 unspecified atom stereocenters. The highest BCUT2D eigenvalue weighted by atomic mass is 32.1. The number of benzene rings is 1. The standard InChI is InChI=1S/C22H28N2OS/c1-3-15-6-5-7-16(4-2)21(15)23-20(25)14-24-12-10-19-18(11-13-26-19)22(24)17-8-9-17/h5-7,11,13,17,22H,3-4,8-10,12,14H2,1-2H3,(H,23,25)/p+1/t22-/m0/s1. The Morgan fingerprint density at radius 3 is 2.58 bits per heavy atom. The molecule has 1 fully saturated rings. The van der Waals surface area contributed by atoms with Crippen LogP contribution in [0, 0.1) is 5.92 Å². The second-order valence-electron chi connectivity index (χ2n) is 7.66. The van der Waals surface area contributed by atoms with Gasteiger partial charge in [-0.05, 0) is 48.3 Å². The van der Waals surface area contributed by atoms with Crippen LogP contribution < -0.4 is 10.2 Å². The molecule has 138 valence electrons. The van der Waals surface area contributed by atoms with Crippen LogP contribution in [0.25, 0.3) is 0 Å². The molecular formula is C22H29N2OS+. The number of anilines is 1. The number of rotatable bonds is 6. The summed E-state index contributed by atoms with van der Waals surface area (Å²) in [6.07, 6.45) is 5.66. The first-order valence-electron chi connectivity index (χ1n) is 10.0. The Bertz CT molecular complexity index is 771. The van der Waals surface area contributed by atoms with Gasteiger partial charge < -0.3 is 10.2 Å². The van der Waals surface area contributed by atoms with Crippen molar-refractivity contribution in [3.05, 3.63) is 51.2 Å². The summed E-state index contributed by atoms with van der Waals surface area (Å²) in [6.45, 7) is 5.97. The quantitative estimate of drug-likeness (QED) is 0.804. The van der Waals surface area contributed by atoms with E-state index in [0.29, 0.717) is 12.6 Å². The number of carbonyl (C=O) groups is 1. The number of quaternary nitrogens is 1. The molecule has 2 aromatic rings. The Hall–Kier alpha value is -1.65. The van der Waals surface area contributed by atoms with E-state index in [1.54, 1.807) is 4.88 Å². The van der Waals surface area contributed by atoms with Crippen molar-refractivity contribution in [1.82, 2.24) is 0 Å². The zero-order valence-electron chi connectivity index (χ0n) is 15.8. The van der Waals surface area contributed by atoms with E-state index in [4.69, 9.17) is 0 Å². The molecule has 1 aromatic carbocycles. The van der Waals surface area contributed by atoms with Crippen molar-refractivity contribution in [2.75, 3.05) is 18.4 Å². The van der Waals surface area contributed by atoms with Crippen LogP contribution in [0.4, 0.5) is 5.69 Å². The zero-order valence-corrected chi connectivity index (χ0v) is 16.6. The van der Waals surface area contributed by atoms with Gasteiger partial charge in [0.2, 0.25) is 0 Å². The largest absolute Gasteiger partial charge is 0.321 e. The number of hydrogen-bond donors (Lipinski definition) is 2. The molecule has 1 aliphatic carbocycles. The first-order chi connectivity index (χ1) is 12.7. The number of para-hydroxylation sites is 1. The third-order valence-corrected chi connectivity index (χ3v) is 6.97. The maximum absolute atomic E-state index is 12.9. The second-order valence-corrected chi connectivity index (χ2v) is 8.66. The summed E-state index contributed by atoms with van der Waals surface area (Å²) in [5.41, 5.74) is 5.06. The maximum atomic E-state index is 12.9. The van der Waals surface area contributed by atoms with E-state index in [1.165, 1.54) is 34.4 Å². The molecule has 2 N–H and O–H groups in total. The lowest BCUT2D eigenvalue weighted by molar-refractivity contribution is -0.928. The molecule has 4 rings (SSSR count). The highest BCUT2D eigenvalue weighted by Gasteiger charge is 2.43. The molecular weight excluding hydrogens is 340 g/mol. The minimum atomic E-state index is 0.167. The summed E-state index contributed by atoms with van der Waals surface area (Å²) < 4.78 is 0. The molecule has 0 spiro atoms. The van der Waals surface area contributed by atoms with E-state index in [1.807, 2.05) is 11.3 Å². The number of nitrogens with one attached hydrogen (secondary N) is 2. The van der Waals surface area contributed by atoms with Crippen molar-refractivity contribution in [3.8, 4) is 0 Å². The molecule has 2 heterocycles. The Balaban J connectivity index is 1.50. The van der Waals surface area contributed by atoms with E-state index < -0.39 is 0 Å². The van der Waals surface area contributed by atoms with Gasteiger partial charge in [0.1, 0.15) is 6.04 Å². The van der Waals surface area contributed by atoms with E-state index in [9.17, 15) is 4.79 Å². The highest BCUT2D eigenvalue weighted by molar-refractivity contribution is 7.10. The Morgan fingerprint density at radius 1 is 1.19 bits per heavy atom. The average molecular weight is 370 g/mol. The van der Waals surface area contributed by atoms with Crippen LogP contribution in [0.2, 0.25) is 0 Å². The van der Waals surface area contributed by atoms with Gasteiger partial charge in [-0.2, -0.15) is 0 Å². The molecule has 0 radical (unpaired) electrons. The van der Waals surface area contributed by atoms with Crippen LogP contribution in [-0.2, 0) is 24.1 Å². The fourth-order valence-corrected chi connectivity index (χ4v) is 5.42. The van der Waals surface area contributed by atoms with Crippen molar-refractivity contribution in [2.45, 2.75) is 52.0 Å². The minimum absolute atomic E-state index is 0.167. The van der Waals surface area contributed by atoms with Crippen LogP contribution in [0.5, 0.6) is 0 Å². The lowest BCUT2D eigenvalue weighted by atomic mass is 9.96. The SMILES string of the molecule is CCc1cccc(CC)c1NC(=O)C[NH+]1CCc2sccc2[C@@H]1C1CC1. The number of aryl methyl sites for hydroxylation is 2. The Kier molecular flexibility index (Phi) is 5.14. The number of amides is 1. The summed E-state index contributed by atoms with van der Waals surface area (Å²) in [5.74, 6) is 0.945. The van der Waals surface area contributed by atoms with Crippen LogP contribution >= 0.6 is 11.3 Å². The second kappa shape index (κ2) is 7.53. The zero-order chi connectivity index (χ0) is 18.1. The smallest absolute Gasteiger partial charge is 0.279 e. The van der Waals surface area contributed by atoms with Crippen molar-refractivity contribution in [3.63, 3.8) is 0 Å². The van der Waals surface area contributed by atoms with E-state index in [0.717, 1.165) is 37.4 Å². The normalized spacial score (nSPS) is 22.1. The third kappa shape index (κ3) is 3.45. The van der Waals surface area contributed by atoms with E-state index in [-0.39, 0.29) is 5.91 Å². The summed E-state index contributed by atoms with van der Waals surface area (Å²) in [5, 5.41) is 5.50. The van der Waals surface area contributed by atoms with Crippen molar-refractivity contribution in [1.29, 1.82) is 0 Å². The van der Waals surface area contributed by atoms with Crippen molar-refractivity contribution < 1.29 is 9.69 Å². The molecule has 1 aromatic heterocycles. The Morgan fingerprint density at radius 2 is 1.92 bits per heavy atom. The predicted molar refractivity (Wildman–Crippen MR) is 108 cm³/mol. The molecule has 3 nitrogen and oxygen atoms in total. The first-order valence-corrected chi connectivity index (χ1v) is 10.9. The van der Waals surface area contributed by atoms with Gasteiger partial charge in [-0.1, -0.05) is 32.0 Å². The van der Waals surface area contributed by atoms with Crippen LogP contribution in [0.1, 0.15) is 54.3 Å². The molecule has 0 saturated heterocycles. The highest BCUT2D eigenvalue weighted by Crippen LogP contribution is 2.42. The molecule has 4 heteroatoms. The number of fused-ring (bicyclic) bond motifs is 1. The fraction of sp³-hybridized carbons (Fsp3) is 0.500. The van der Waals surface area contributed by atoms with Crippen LogP contribution in [0.15, 0.2) is 29.6 Å². The molecule has 2 atom stereocenters. The maximum Gasteiger partial charge on any atom is 0.279 e. The van der Waals surface area contributed by atoms with Gasteiger partial charge in [0.05, 0.1) is 6.54 Å². The van der Waals surface area contributed by atoms with E-state index >= 15 is 0 Å². The summed E-state index contributed by atoms with van der Waals surface area (Å²) in [4.78, 5) is 15.9. The lowest BCUT2D eigenvalue weighted by Gasteiger charge is -2.32. The topological polar surface area (TPSA) is 33.5 Å². The van der Waals surface area contributed by atoms with Gasteiger partial charge in [0, 0.05) is 28.5 Å². The number of carbonyl (C=O) groups excluding carboxylic acids is 1. The summed E-state index contributed by atoms with van der Waals surface area (Å²) >= 11 is 1.89. The average Bonchev–Trinajstić information content (AvgIpc) is 3.37. The first kappa shape index (κ1) is 17.7. The van der Waals surface area contributed by atoms with Gasteiger partial charge in [-0.25, -0.2) is 0 Å². The monoisotopic (exact) mass is 369 g/mol. The van der Waals surface area contributed by atoms with E-state index in [2.05, 4.69) is 48.8 Å². The molecule has 1 amide bonds. The van der Waals surface area contributed by atoms with Gasteiger partial charge in [-0.15, -0.1) is 11.3 Å². The fourth-order valence-electron chi connectivity index (χ4n) is 4.49. The number of thiophene rings is 1. The van der Waals surface area contributed by atoms with Gasteiger partial charge in [0.15, 0.2) is 6.54 Å². The molecule has 1 saturated carbocycles. The molecule has 0 bridgehead atoms. The van der Waals surface area contributed by atoms with Crippen LogP contribution in [0.3, 0.4) is 0 Å². The van der Waals surface area contributed by atoms with Crippen molar-refractivity contribution >= 4 is 22.9 Å². The Labute approximate surface area is 160 Å². The molecule has 1 aliphatic heterocycles. The van der Waals surface area contributed by atoms with Crippen molar-refractivity contribution in [2.24, 2.45) is 5.92 Å². The number of hydrogen-bond acceptors (Lipinski definition) is 2.